The number of fused-ring (bicyclic) bond motifs is 4. The third-order valence-corrected chi connectivity index (χ3v) is 5.58. The summed E-state index contributed by atoms with van der Waals surface area (Å²) < 4.78 is 19.7. The van der Waals surface area contributed by atoms with Gasteiger partial charge < -0.3 is 10.1 Å². The first-order valence-corrected chi connectivity index (χ1v) is 10.3. The van der Waals surface area contributed by atoms with Crippen molar-refractivity contribution < 1.29 is 13.9 Å². The number of rotatable bonds is 3. The second kappa shape index (κ2) is 8.52. The van der Waals surface area contributed by atoms with Gasteiger partial charge in [-0.1, -0.05) is 66.4 Å². The highest BCUT2D eigenvalue weighted by Crippen LogP contribution is 2.44. The summed E-state index contributed by atoms with van der Waals surface area (Å²) in [4.78, 5) is 16.3. The van der Waals surface area contributed by atoms with Crippen molar-refractivity contribution in [3.63, 3.8) is 0 Å². The first-order chi connectivity index (χ1) is 15.7. The molecule has 4 nitrogen and oxygen atoms in total. The lowest BCUT2D eigenvalue weighted by Crippen LogP contribution is -2.26. The fourth-order valence-electron chi connectivity index (χ4n) is 4.10. The highest BCUT2D eigenvalue weighted by Gasteiger charge is 2.28. The molecule has 5 rings (SSSR count). The van der Waals surface area contributed by atoms with Crippen LogP contribution in [0.2, 0.25) is 0 Å². The van der Waals surface area contributed by atoms with Gasteiger partial charge in [0.2, 0.25) is 0 Å². The number of benzene rings is 3. The Labute approximate surface area is 185 Å². The summed E-state index contributed by atoms with van der Waals surface area (Å²) in [6.45, 7) is 0.292. The number of carbonyl (C=O) groups excluding carboxylic acids is 1. The van der Waals surface area contributed by atoms with Gasteiger partial charge in [0, 0.05) is 23.6 Å². The molecule has 1 heterocycles. The van der Waals surface area contributed by atoms with Crippen molar-refractivity contribution in [1.82, 2.24) is 10.3 Å². The molecular weight excluding hydrogens is 403 g/mol. The van der Waals surface area contributed by atoms with E-state index in [0.717, 1.165) is 16.5 Å². The number of nitrogens with zero attached hydrogens (tertiary/aromatic N) is 1. The van der Waals surface area contributed by atoms with E-state index in [9.17, 15) is 9.18 Å². The lowest BCUT2D eigenvalue weighted by Gasteiger charge is -2.14. The number of ether oxygens (including phenoxy) is 1. The number of hydrogen-bond donors (Lipinski definition) is 1. The molecule has 0 bridgehead atoms. The Kier molecular flexibility index (Phi) is 5.27. The average Bonchev–Trinajstić information content (AvgIpc) is 3.14. The second-order valence-corrected chi connectivity index (χ2v) is 7.51. The Hall–Kier alpha value is -4.17. The molecule has 3 aromatic carbocycles. The van der Waals surface area contributed by atoms with Crippen LogP contribution < -0.4 is 5.32 Å². The zero-order valence-corrected chi connectivity index (χ0v) is 17.1. The van der Waals surface area contributed by atoms with E-state index in [-0.39, 0.29) is 24.6 Å². The van der Waals surface area contributed by atoms with Crippen LogP contribution in [0.15, 0.2) is 79.0 Å². The molecule has 1 aliphatic carbocycles. The summed E-state index contributed by atoms with van der Waals surface area (Å²) >= 11 is 0. The van der Waals surface area contributed by atoms with Gasteiger partial charge >= 0.3 is 6.09 Å². The Bertz CT molecular complexity index is 1340. The van der Waals surface area contributed by atoms with Crippen LogP contribution in [0.4, 0.5) is 9.18 Å². The molecule has 0 atom stereocenters. The van der Waals surface area contributed by atoms with E-state index in [2.05, 4.69) is 46.4 Å². The highest BCUT2D eigenvalue weighted by molar-refractivity contribution is 5.80. The van der Waals surface area contributed by atoms with Crippen molar-refractivity contribution in [3.05, 3.63) is 102 Å². The van der Waals surface area contributed by atoms with Crippen LogP contribution in [0.1, 0.15) is 22.6 Å². The summed E-state index contributed by atoms with van der Waals surface area (Å²) in [6, 6.07) is 23.0. The molecule has 1 aromatic heterocycles. The molecule has 0 saturated heterocycles. The minimum absolute atomic E-state index is 0.000427. The van der Waals surface area contributed by atoms with Gasteiger partial charge in [0.05, 0.1) is 17.6 Å². The van der Waals surface area contributed by atoms with Gasteiger partial charge in [-0.05, 0) is 34.4 Å². The van der Waals surface area contributed by atoms with E-state index < -0.39 is 11.9 Å². The molecule has 0 fully saturated rings. The smallest absolute Gasteiger partial charge is 0.407 e. The van der Waals surface area contributed by atoms with Crippen LogP contribution in [-0.4, -0.2) is 24.2 Å². The molecule has 32 heavy (non-hydrogen) atoms. The molecule has 4 aromatic rings. The summed E-state index contributed by atoms with van der Waals surface area (Å²) in [6.07, 6.45) is 1.06. The zero-order valence-electron chi connectivity index (χ0n) is 17.1. The van der Waals surface area contributed by atoms with Crippen LogP contribution in [-0.2, 0) is 4.74 Å². The molecule has 0 unspecified atom stereocenters. The molecule has 0 aliphatic heterocycles. The van der Waals surface area contributed by atoms with Crippen LogP contribution in [0.5, 0.6) is 0 Å². The maximum atomic E-state index is 14.2. The van der Waals surface area contributed by atoms with Gasteiger partial charge in [-0.3, -0.25) is 4.98 Å². The average molecular weight is 422 g/mol. The van der Waals surface area contributed by atoms with Crippen molar-refractivity contribution in [2.45, 2.75) is 5.92 Å². The van der Waals surface area contributed by atoms with E-state index in [1.165, 1.54) is 17.2 Å². The van der Waals surface area contributed by atoms with Crippen LogP contribution in [0.3, 0.4) is 0 Å². The van der Waals surface area contributed by atoms with Gasteiger partial charge in [0.15, 0.2) is 0 Å². The second-order valence-electron chi connectivity index (χ2n) is 7.51. The fraction of sp³-hybridized carbons (Fsp3) is 0.111. The topological polar surface area (TPSA) is 51.2 Å². The number of alkyl carbamates (subject to hydrolysis) is 1. The Morgan fingerprint density at radius 2 is 1.72 bits per heavy atom. The highest BCUT2D eigenvalue weighted by atomic mass is 19.1. The van der Waals surface area contributed by atoms with E-state index in [1.807, 2.05) is 30.3 Å². The molecule has 5 heteroatoms. The predicted molar refractivity (Wildman–Crippen MR) is 122 cm³/mol. The minimum atomic E-state index is -0.552. The summed E-state index contributed by atoms with van der Waals surface area (Å²) in [7, 11) is 0. The van der Waals surface area contributed by atoms with Gasteiger partial charge in [-0.2, -0.15) is 0 Å². The van der Waals surface area contributed by atoms with Gasteiger partial charge in [-0.15, -0.1) is 0 Å². The van der Waals surface area contributed by atoms with Crippen LogP contribution in [0.25, 0.3) is 22.0 Å². The number of aromatic nitrogens is 1. The molecule has 0 radical (unpaired) electrons. The van der Waals surface area contributed by atoms with Gasteiger partial charge in [0.25, 0.3) is 0 Å². The SMILES string of the molecule is O=C(NCC#Cc1cc2cccnc2cc1F)OCC1c2ccccc2-c2ccccc21. The number of halogens is 1. The van der Waals surface area contributed by atoms with Gasteiger partial charge in [-0.25, -0.2) is 9.18 Å². The number of carbonyl (C=O) groups is 1. The molecule has 1 amide bonds. The lowest BCUT2D eigenvalue weighted by molar-refractivity contribution is 0.144. The summed E-state index contributed by atoms with van der Waals surface area (Å²) in [5.41, 5.74) is 5.50. The third-order valence-electron chi connectivity index (χ3n) is 5.58. The first-order valence-electron chi connectivity index (χ1n) is 10.3. The van der Waals surface area contributed by atoms with Crippen molar-refractivity contribution in [2.75, 3.05) is 13.2 Å². The Balaban J connectivity index is 1.21. The molecule has 1 N–H and O–H groups in total. The van der Waals surface area contributed by atoms with Crippen molar-refractivity contribution in [3.8, 4) is 23.0 Å². The molecule has 1 aliphatic rings. The molecule has 0 spiro atoms. The maximum absolute atomic E-state index is 14.2. The third kappa shape index (κ3) is 3.79. The Morgan fingerprint density at radius 1 is 1.00 bits per heavy atom. The van der Waals surface area contributed by atoms with E-state index in [1.54, 1.807) is 18.3 Å². The standard InChI is InChI=1S/C27H19FN2O2/c28-25-16-26-19(8-6-13-29-26)15-18(25)7-5-14-30-27(31)32-17-24-22-11-3-1-9-20(22)21-10-2-4-12-23(21)24/h1-4,6,8-13,15-16,24H,14,17H2,(H,30,31). The van der Waals surface area contributed by atoms with Crippen molar-refractivity contribution in [2.24, 2.45) is 0 Å². The van der Waals surface area contributed by atoms with E-state index >= 15 is 0 Å². The molecule has 0 saturated carbocycles. The predicted octanol–water partition coefficient (Wildman–Crippen LogP) is 5.26. The first kappa shape index (κ1) is 19.8. The normalized spacial score (nSPS) is 11.9. The Morgan fingerprint density at radius 3 is 2.47 bits per heavy atom. The summed E-state index contributed by atoms with van der Waals surface area (Å²) in [5.74, 6) is 5.10. The van der Waals surface area contributed by atoms with Crippen molar-refractivity contribution in [1.29, 1.82) is 0 Å². The minimum Gasteiger partial charge on any atom is -0.449 e. The fourth-order valence-corrected chi connectivity index (χ4v) is 4.10. The molecule has 156 valence electrons. The quantitative estimate of drug-likeness (QED) is 0.458. The van der Waals surface area contributed by atoms with Crippen molar-refractivity contribution >= 4 is 17.0 Å². The largest absolute Gasteiger partial charge is 0.449 e. The zero-order chi connectivity index (χ0) is 21.9. The number of amides is 1. The number of nitrogens with one attached hydrogen (secondary N) is 1. The maximum Gasteiger partial charge on any atom is 0.407 e. The van der Waals surface area contributed by atoms with E-state index in [4.69, 9.17) is 4.74 Å². The van der Waals surface area contributed by atoms with E-state index in [0.29, 0.717) is 5.52 Å². The van der Waals surface area contributed by atoms with Crippen LogP contribution in [0, 0.1) is 17.7 Å². The number of pyridine rings is 1. The van der Waals surface area contributed by atoms with Crippen LogP contribution >= 0.6 is 0 Å². The number of hydrogen-bond acceptors (Lipinski definition) is 3. The van der Waals surface area contributed by atoms with Gasteiger partial charge in [0.1, 0.15) is 12.4 Å². The monoisotopic (exact) mass is 422 g/mol. The summed E-state index contributed by atoms with van der Waals surface area (Å²) in [5, 5.41) is 3.42. The molecular formula is C27H19FN2O2. The lowest BCUT2D eigenvalue weighted by atomic mass is 9.98.